The van der Waals surface area contributed by atoms with Gasteiger partial charge in [0, 0.05) is 30.0 Å². The Morgan fingerprint density at radius 3 is 3.05 bits per heavy atom. The zero-order chi connectivity index (χ0) is 14.8. The normalized spacial score (nSPS) is 19.9. The molecule has 1 fully saturated rings. The van der Waals surface area contributed by atoms with Gasteiger partial charge in [0.1, 0.15) is 12.1 Å². The number of hydrogen-bond donors (Lipinski definition) is 0. The van der Waals surface area contributed by atoms with Crippen LogP contribution in [0.1, 0.15) is 12.8 Å². The molecule has 0 spiro atoms. The van der Waals surface area contributed by atoms with Crippen molar-refractivity contribution in [1.29, 1.82) is 0 Å². The van der Waals surface area contributed by atoms with E-state index in [1.54, 1.807) is 6.33 Å². The number of nitrogens with zero attached hydrogens (tertiary/aromatic N) is 4. The van der Waals surface area contributed by atoms with Gasteiger partial charge in [-0.1, -0.05) is 15.9 Å². The molecule has 0 bridgehead atoms. The van der Waals surface area contributed by atoms with E-state index in [1.165, 1.54) is 25.9 Å². The standard InChI is InChI=1S/C16H21BrN4/c1-20-7-3-4-12(9-20)10-21(2)16-14-8-13(17)5-6-15(14)18-11-19-16/h5-6,8,11-12H,3-4,7,9-10H2,1-2H3. The summed E-state index contributed by atoms with van der Waals surface area (Å²) in [5.41, 5.74) is 0.996. The molecule has 1 unspecified atom stereocenters. The highest BCUT2D eigenvalue weighted by molar-refractivity contribution is 9.10. The van der Waals surface area contributed by atoms with Crippen LogP contribution in [0.3, 0.4) is 0 Å². The number of halogens is 1. The van der Waals surface area contributed by atoms with Crippen LogP contribution in [0.2, 0.25) is 0 Å². The molecule has 0 aliphatic carbocycles. The molecular formula is C16H21BrN4. The molecule has 2 aromatic rings. The van der Waals surface area contributed by atoms with Crippen molar-refractivity contribution in [2.24, 2.45) is 5.92 Å². The molecule has 1 aliphatic rings. The lowest BCUT2D eigenvalue weighted by atomic mass is 9.98. The third kappa shape index (κ3) is 3.35. The third-order valence-corrected chi connectivity index (χ3v) is 4.69. The van der Waals surface area contributed by atoms with Crippen LogP contribution < -0.4 is 4.90 Å². The molecule has 112 valence electrons. The Balaban J connectivity index is 1.84. The van der Waals surface area contributed by atoms with E-state index in [-0.39, 0.29) is 0 Å². The van der Waals surface area contributed by atoms with Gasteiger partial charge in [-0.3, -0.25) is 0 Å². The smallest absolute Gasteiger partial charge is 0.139 e. The van der Waals surface area contributed by atoms with Gasteiger partial charge in [0.25, 0.3) is 0 Å². The van der Waals surface area contributed by atoms with Crippen LogP contribution in [-0.4, -0.2) is 48.6 Å². The van der Waals surface area contributed by atoms with Gasteiger partial charge in [0.15, 0.2) is 0 Å². The van der Waals surface area contributed by atoms with E-state index in [0.717, 1.165) is 27.7 Å². The Bertz CT molecular complexity index is 631. The molecule has 1 aliphatic heterocycles. The van der Waals surface area contributed by atoms with Crippen molar-refractivity contribution in [2.75, 3.05) is 38.6 Å². The Labute approximate surface area is 134 Å². The molecule has 0 radical (unpaired) electrons. The molecule has 3 rings (SSSR count). The van der Waals surface area contributed by atoms with E-state index in [2.05, 4.69) is 55.9 Å². The number of aromatic nitrogens is 2. The molecule has 5 heteroatoms. The second kappa shape index (κ2) is 6.28. The summed E-state index contributed by atoms with van der Waals surface area (Å²) in [5.74, 6) is 1.74. The van der Waals surface area contributed by atoms with Gasteiger partial charge in [-0.05, 0) is 50.6 Å². The molecule has 2 heterocycles. The first kappa shape index (κ1) is 14.7. The molecule has 21 heavy (non-hydrogen) atoms. The minimum absolute atomic E-state index is 0.714. The van der Waals surface area contributed by atoms with Gasteiger partial charge in [0.05, 0.1) is 5.52 Å². The molecular weight excluding hydrogens is 328 g/mol. The fraction of sp³-hybridized carbons (Fsp3) is 0.500. The maximum Gasteiger partial charge on any atom is 0.139 e. The molecule has 1 saturated heterocycles. The van der Waals surface area contributed by atoms with Crippen LogP contribution >= 0.6 is 15.9 Å². The van der Waals surface area contributed by atoms with E-state index >= 15 is 0 Å². The fourth-order valence-corrected chi connectivity index (χ4v) is 3.58. The van der Waals surface area contributed by atoms with Gasteiger partial charge < -0.3 is 9.80 Å². The minimum Gasteiger partial charge on any atom is -0.359 e. The van der Waals surface area contributed by atoms with Crippen molar-refractivity contribution in [3.8, 4) is 0 Å². The zero-order valence-corrected chi connectivity index (χ0v) is 14.2. The predicted molar refractivity (Wildman–Crippen MR) is 90.7 cm³/mol. The van der Waals surface area contributed by atoms with Gasteiger partial charge in [-0.2, -0.15) is 0 Å². The van der Waals surface area contributed by atoms with Gasteiger partial charge >= 0.3 is 0 Å². The van der Waals surface area contributed by atoms with Crippen LogP contribution in [-0.2, 0) is 0 Å². The maximum absolute atomic E-state index is 4.51. The summed E-state index contributed by atoms with van der Waals surface area (Å²) in [6, 6.07) is 6.16. The molecule has 0 saturated carbocycles. The number of hydrogen-bond acceptors (Lipinski definition) is 4. The van der Waals surface area contributed by atoms with Crippen LogP contribution in [0.5, 0.6) is 0 Å². The van der Waals surface area contributed by atoms with Crippen LogP contribution in [0, 0.1) is 5.92 Å². The number of likely N-dealkylation sites (tertiary alicyclic amines) is 1. The van der Waals surface area contributed by atoms with E-state index in [4.69, 9.17) is 0 Å². The van der Waals surface area contributed by atoms with Crippen molar-refractivity contribution in [2.45, 2.75) is 12.8 Å². The summed E-state index contributed by atoms with van der Waals surface area (Å²) in [5, 5.41) is 1.11. The van der Waals surface area contributed by atoms with E-state index < -0.39 is 0 Å². The van der Waals surface area contributed by atoms with Crippen molar-refractivity contribution < 1.29 is 0 Å². The van der Waals surface area contributed by atoms with Crippen molar-refractivity contribution >= 4 is 32.7 Å². The monoisotopic (exact) mass is 348 g/mol. The summed E-state index contributed by atoms with van der Waals surface area (Å²) in [6.45, 7) is 3.45. The Hall–Kier alpha value is -1.20. The number of benzene rings is 1. The highest BCUT2D eigenvalue weighted by Crippen LogP contribution is 2.27. The SMILES string of the molecule is CN1CCCC(CN(C)c2ncnc3ccc(Br)cc23)C1. The molecule has 1 aromatic carbocycles. The quantitative estimate of drug-likeness (QED) is 0.852. The van der Waals surface area contributed by atoms with Crippen molar-refractivity contribution in [3.05, 3.63) is 29.0 Å². The fourth-order valence-electron chi connectivity index (χ4n) is 3.22. The summed E-state index contributed by atoms with van der Waals surface area (Å²) in [4.78, 5) is 13.6. The first-order valence-corrected chi connectivity index (χ1v) is 8.23. The summed E-state index contributed by atoms with van der Waals surface area (Å²) in [7, 11) is 4.35. The average Bonchev–Trinajstić information content (AvgIpc) is 2.46. The maximum atomic E-state index is 4.51. The Morgan fingerprint density at radius 2 is 2.24 bits per heavy atom. The minimum atomic E-state index is 0.714. The van der Waals surface area contributed by atoms with Gasteiger partial charge in [0.2, 0.25) is 0 Å². The number of rotatable bonds is 3. The van der Waals surface area contributed by atoms with Crippen LogP contribution in [0.25, 0.3) is 10.9 Å². The third-order valence-electron chi connectivity index (χ3n) is 4.19. The lowest BCUT2D eigenvalue weighted by Gasteiger charge is -2.33. The van der Waals surface area contributed by atoms with E-state index in [0.29, 0.717) is 5.92 Å². The summed E-state index contributed by atoms with van der Waals surface area (Å²) >= 11 is 3.54. The second-order valence-corrected chi connectivity index (χ2v) is 6.93. The Morgan fingerprint density at radius 1 is 1.38 bits per heavy atom. The van der Waals surface area contributed by atoms with Crippen LogP contribution in [0.4, 0.5) is 5.82 Å². The molecule has 0 amide bonds. The first-order valence-electron chi connectivity index (χ1n) is 7.43. The number of anilines is 1. The average molecular weight is 349 g/mol. The topological polar surface area (TPSA) is 32.3 Å². The lowest BCUT2D eigenvalue weighted by molar-refractivity contribution is 0.213. The first-order chi connectivity index (χ1) is 10.1. The Kier molecular flexibility index (Phi) is 4.40. The number of piperidine rings is 1. The number of fused-ring (bicyclic) bond motifs is 1. The van der Waals surface area contributed by atoms with E-state index in [1.807, 2.05) is 12.1 Å². The summed E-state index contributed by atoms with van der Waals surface area (Å²) in [6.07, 6.45) is 4.27. The second-order valence-electron chi connectivity index (χ2n) is 6.01. The van der Waals surface area contributed by atoms with Gasteiger partial charge in [-0.15, -0.1) is 0 Å². The van der Waals surface area contributed by atoms with Crippen molar-refractivity contribution in [3.63, 3.8) is 0 Å². The summed E-state index contributed by atoms with van der Waals surface area (Å²) < 4.78 is 1.07. The van der Waals surface area contributed by atoms with Crippen LogP contribution in [0.15, 0.2) is 29.0 Å². The predicted octanol–water partition coefficient (Wildman–Crippen LogP) is 3.17. The molecule has 1 aromatic heterocycles. The highest BCUT2D eigenvalue weighted by atomic mass is 79.9. The highest BCUT2D eigenvalue weighted by Gasteiger charge is 2.20. The lowest BCUT2D eigenvalue weighted by Crippen LogP contribution is -2.38. The zero-order valence-electron chi connectivity index (χ0n) is 12.6. The van der Waals surface area contributed by atoms with Crippen molar-refractivity contribution in [1.82, 2.24) is 14.9 Å². The molecule has 0 N–H and O–H groups in total. The largest absolute Gasteiger partial charge is 0.359 e. The van der Waals surface area contributed by atoms with Gasteiger partial charge in [-0.25, -0.2) is 9.97 Å². The molecule has 1 atom stereocenters. The molecule has 4 nitrogen and oxygen atoms in total. The van der Waals surface area contributed by atoms with E-state index in [9.17, 15) is 0 Å².